The minimum atomic E-state index is -0.857. The van der Waals surface area contributed by atoms with E-state index < -0.39 is 29.1 Å². The number of likely N-dealkylation sites (tertiary alicyclic amines) is 1. The highest BCUT2D eigenvalue weighted by molar-refractivity contribution is 8.00. The third-order valence-electron chi connectivity index (χ3n) is 7.09. The number of imide groups is 2. The summed E-state index contributed by atoms with van der Waals surface area (Å²) in [4.78, 5) is 93.2. The topological polar surface area (TPSA) is 284 Å². The molecule has 1 saturated heterocycles. The number of amides is 6. The van der Waals surface area contributed by atoms with Gasteiger partial charge in [0.25, 0.3) is 11.8 Å². The van der Waals surface area contributed by atoms with Crippen LogP contribution < -0.4 is 22.9 Å². The van der Waals surface area contributed by atoms with Gasteiger partial charge in [0.05, 0.1) is 43.8 Å². The molecule has 52 heavy (non-hydrogen) atoms. The summed E-state index contributed by atoms with van der Waals surface area (Å²) in [6, 6.07) is -1.45. The van der Waals surface area contributed by atoms with Crippen LogP contribution in [0.1, 0.15) is 44.9 Å². The molecular formula is C32H54N6O12S2. The minimum absolute atomic E-state index is 0.0206. The smallest absolute Gasteiger partial charge is 0.253 e. The van der Waals surface area contributed by atoms with E-state index in [1.165, 1.54) is 12.2 Å². The molecule has 0 saturated carbocycles. The lowest BCUT2D eigenvalue weighted by molar-refractivity contribution is -0.139. The maximum absolute atomic E-state index is 12.3. The van der Waals surface area contributed by atoms with E-state index in [-0.39, 0.29) is 73.3 Å². The van der Waals surface area contributed by atoms with Crippen molar-refractivity contribution in [2.45, 2.75) is 62.3 Å². The van der Waals surface area contributed by atoms with E-state index >= 15 is 0 Å². The Balaban J connectivity index is 0.000000872. The van der Waals surface area contributed by atoms with E-state index in [0.29, 0.717) is 71.1 Å². The molecule has 0 spiro atoms. The molecule has 2 heterocycles. The summed E-state index contributed by atoms with van der Waals surface area (Å²) in [6.45, 7) is 3.28. The third kappa shape index (κ3) is 22.0. The van der Waals surface area contributed by atoms with Crippen LogP contribution in [0.4, 0.5) is 0 Å². The van der Waals surface area contributed by atoms with Crippen molar-refractivity contribution in [3.8, 4) is 0 Å². The second-order valence-corrected chi connectivity index (χ2v) is 12.9. The van der Waals surface area contributed by atoms with Crippen molar-refractivity contribution in [3.05, 3.63) is 12.2 Å². The molecule has 296 valence electrons. The van der Waals surface area contributed by atoms with Crippen molar-refractivity contribution < 1.29 is 57.3 Å². The van der Waals surface area contributed by atoms with Gasteiger partial charge in [-0.25, -0.2) is 0 Å². The summed E-state index contributed by atoms with van der Waals surface area (Å²) in [7, 11) is 3.19. The number of carbonyl (C=O) groups is 8. The lowest BCUT2D eigenvalue weighted by Gasteiger charge is -2.15. The van der Waals surface area contributed by atoms with E-state index in [1.807, 2.05) is 0 Å². The summed E-state index contributed by atoms with van der Waals surface area (Å²) in [6.07, 6.45) is 4.80. The van der Waals surface area contributed by atoms with Gasteiger partial charge in [-0.15, -0.1) is 11.8 Å². The van der Waals surface area contributed by atoms with Crippen LogP contribution in [0.2, 0.25) is 0 Å². The van der Waals surface area contributed by atoms with Gasteiger partial charge in [-0.1, -0.05) is 0 Å². The molecular weight excluding hydrogens is 725 g/mol. The van der Waals surface area contributed by atoms with Crippen molar-refractivity contribution in [3.63, 3.8) is 0 Å². The molecule has 0 aromatic heterocycles. The lowest BCUT2D eigenvalue weighted by Crippen LogP contribution is -2.39. The number of nitrogens with two attached hydrogens (primary N) is 4. The number of thiol groups is 1. The molecule has 0 aromatic carbocycles. The second-order valence-electron chi connectivity index (χ2n) is 11.3. The molecule has 0 radical (unpaired) electrons. The molecule has 1 fully saturated rings. The maximum Gasteiger partial charge on any atom is 0.253 e. The number of methoxy groups -OCH3 is 2. The zero-order chi connectivity index (χ0) is 39.5. The highest BCUT2D eigenvalue weighted by Crippen LogP contribution is 2.25. The lowest BCUT2D eigenvalue weighted by atomic mass is 10.1. The number of thioether (sulfide) groups is 1. The number of carbonyl (C=O) groups excluding carboxylic acids is 8. The minimum Gasteiger partial charge on any atom is -0.382 e. The Bertz CT molecular complexity index is 1190. The molecule has 8 N–H and O–H groups in total. The number of rotatable bonds is 26. The van der Waals surface area contributed by atoms with Crippen molar-refractivity contribution in [2.24, 2.45) is 22.9 Å². The molecule has 3 atom stereocenters. The van der Waals surface area contributed by atoms with Gasteiger partial charge in [0.15, 0.2) is 0 Å². The number of hydrogen-bond donors (Lipinski definition) is 5. The van der Waals surface area contributed by atoms with Crippen LogP contribution >= 0.6 is 24.4 Å². The fourth-order valence-corrected chi connectivity index (χ4v) is 5.33. The SMILES string of the molecule is COCCOCCCC(=O)CCN1C(=O)C=CC1=O.COCCOCCCC(=O)CCN1C(=O)CC(SCC(N)C(N)=O)C1=O.NC(=O)C(N)CS. The quantitative estimate of drug-likeness (QED) is 0.0364. The maximum atomic E-state index is 12.3. The van der Waals surface area contributed by atoms with Crippen molar-refractivity contribution in [1.29, 1.82) is 0 Å². The average molecular weight is 779 g/mol. The van der Waals surface area contributed by atoms with Crippen LogP contribution in [0.25, 0.3) is 0 Å². The van der Waals surface area contributed by atoms with Gasteiger partial charge in [-0.3, -0.25) is 48.2 Å². The summed E-state index contributed by atoms with van der Waals surface area (Å²) in [5, 5.41) is -0.572. The summed E-state index contributed by atoms with van der Waals surface area (Å²) in [5.74, 6) is -2.00. The molecule has 0 aliphatic carbocycles. The number of primary amides is 2. The third-order valence-corrected chi connectivity index (χ3v) is 8.80. The molecule has 2 aliphatic heterocycles. The van der Waals surface area contributed by atoms with Crippen LogP contribution in [-0.4, -0.2) is 153 Å². The number of ether oxygens (including phenoxy) is 4. The Morgan fingerprint density at radius 3 is 1.62 bits per heavy atom. The van der Waals surface area contributed by atoms with Crippen LogP contribution in [0.15, 0.2) is 12.2 Å². The number of Topliss-reactive ketones (excluding diaryl/α,β-unsaturated/α-hetero) is 2. The average Bonchev–Trinajstić information content (AvgIpc) is 3.58. The molecule has 0 bridgehead atoms. The Morgan fingerprint density at radius 1 is 0.750 bits per heavy atom. The van der Waals surface area contributed by atoms with E-state index in [4.69, 9.17) is 41.9 Å². The van der Waals surface area contributed by atoms with E-state index in [1.54, 1.807) is 14.2 Å². The van der Waals surface area contributed by atoms with Crippen LogP contribution in [-0.2, 0) is 57.3 Å². The van der Waals surface area contributed by atoms with Gasteiger partial charge in [0.1, 0.15) is 11.6 Å². The number of nitrogens with zero attached hydrogens (tertiary/aromatic N) is 2. The molecule has 3 unspecified atom stereocenters. The van der Waals surface area contributed by atoms with Crippen LogP contribution in [0, 0.1) is 0 Å². The first-order valence-electron chi connectivity index (χ1n) is 16.6. The summed E-state index contributed by atoms with van der Waals surface area (Å²) < 4.78 is 20.2. The molecule has 6 amide bonds. The Morgan fingerprint density at radius 2 is 1.21 bits per heavy atom. The fraction of sp³-hybridized carbons (Fsp3) is 0.688. The summed E-state index contributed by atoms with van der Waals surface area (Å²) >= 11 is 4.87. The fourth-order valence-electron chi connectivity index (χ4n) is 4.02. The predicted molar refractivity (Wildman–Crippen MR) is 195 cm³/mol. The first-order valence-corrected chi connectivity index (χ1v) is 18.2. The number of ketones is 2. The zero-order valence-corrected chi connectivity index (χ0v) is 31.6. The van der Waals surface area contributed by atoms with Gasteiger partial charge in [-0.05, 0) is 12.8 Å². The molecule has 18 nitrogen and oxygen atoms in total. The standard InChI is InChI=1S/C16H27N3O6S.C13H19NO5.C3H8N2OS/c1-24-7-8-25-6-2-3-11(20)4-5-19-14(21)9-13(16(19)23)26-10-12(17)15(18)22;1-18-9-10-19-8-2-3-11(15)6-7-14-12(16)4-5-13(14)17;4-2(1-7)3(5)6/h12-13H,2-10,17H2,1H3,(H2,18,22);4-5H,2-3,6-10H2,1H3;2,7H,1,4H2,(H2,5,6). The Kier molecular flexibility index (Phi) is 27.4. The van der Waals surface area contributed by atoms with Gasteiger partial charge in [-0.2, -0.15) is 12.6 Å². The van der Waals surface area contributed by atoms with E-state index in [2.05, 4.69) is 12.6 Å². The molecule has 2 aliphatic rings. The highest BCUT2D eigenvalue weighted by Gasteiger charge is 2.39. The van der Waals surface area contributed by atoms with Gasteiger partial charge in [0.2, 0.25) is 23.6 Å². The number of hydrogen-bond acceptors (Lipinski definition) is 16. The van der Waals surface area contributed by atoms with Crippen molar-refractivity contribution in [1.82, 2.24) is 9.80 Å². The highest BCUT2D eigenvalue weighted by atomic mass is 32.2. The largest absolute Gasteiger partial charge is 0.382 e. The van der Waals surface area contributed by atoms with Crippen LogP contribution in [0.5, 0.6) is 0 Å². The molecule has 20 heteroatoms. The van der Waals surface area contributed by atoms with E-state index in [9.17, 15) is 38.4 Å². The predicted octanol–water partition coefficient (Wildman–Crippen LogP) is -1.90. The first-order chi connectivity index (χ1) is 24.7. The second kappa shape index (κ2) is 29.2. The first kappa shape index (κ1) is 48.8. The molecule has 0 aromatic rings. The Labute approximate surface area is 313 Å². The summed E-state index contributed by atoms with van der Waals surface area (Å²) in [5.41, 5.74) is 20.4. The van der Waals surface area contributed by atoms with Gasteiger partial charge >= 0.3 is 0 Å². The van der Waals surface area contributed by atoms with E-state index in [0.717, 1.165) is 21.6 Å². The van der Waals surface area contributed by atoms with Crippen molar-refractivity contribution in [2.75, 3.05) is 78.5 Å². The molecule has 2 rings (SSSR count). The van der Waals surface area contributed by atoms with Gasteiger partial charge < -0.3 is 41.9 Å². The normalized spacial score (nSPS) is 16.3. The van der Waals surface area contributed by atoms with Gasteiger partial charge in [0, 0.05) is 96.3 Å². The Hall–Kier alpha value is -3.24. The van der Waals surface area contributed by atoms with Crippen LogP contribution in [0.3, 0.4) is 0 Å². The van der Waals surface area contributed by atoms with Crippen molar-refractivity contribution >= 4 is 71.4 Å². The monoisotopic (exact) mass is 778 g/mol. The zero-order valence-electron chi connectivity index (χ0n) is 29.9.